The minimum atomic E-state index is -0.395. The van der Waals surface area contributed by atoms with Gasteiger partial charge in [-0.3, -0.25) is 14.6 Å². The second-order valence-corrected chi connectivity index (χ2v) is 8.02. The third-order valence-corrected chi connectivity index (χ3v) is 5.54. The molecule has 4 heterocycles. The number of anilines is 2. The first kappa shape index (κ1) is 22.0. The molecule has 0 saturated carbocycles. The zero-order chi connectivity index (χ0) is 24.5. The minimum absolute atomic E-state index is 0.252. The van der Waals surface area contributed by atoms with Crippen molar-refractivity contribution in [1.29, 1.82) is 0 Å². The van der Waals surface area contributed by atoms with Gasteiger partial charge in [0.2, 0.25) is 0 Å². The number of aryl methyl sites for hydroxylation is 3. The van der Waals surface area contributed by atoms with Gasteiger partial charge < -0.3 is 19.6 Å². The number of rotatable bonds is 5. The Hall–Kier alpha value is -4.79. The summed E-state index contributed by atoms with van der Waals surface area (Å²) in [7, 11) is 0. The molecular formula is C26H21N5O4. The molecule has 0 fully saturated rings. The standard InChI is InChI=1S/C26H21N5O4/c1-14-12-18(16(3)34-14)22-13-19(23-15(2)31-35-26(23)30-22)25(33)29-21-7-5-4-6-20(21)28-24(32)17-8-10-27-11-9-17/h4-13H,1-3H3,(H,28,32)(H,29,33). The van der Waals surface area contributed by atoms with Gasteiger partial charge in [0, 0.05) is 23.5 Å². The highest BCUT2D eigenvalue weighted by Crippen LogP contribution is 2.31. The molecular weight excluding hydrogens is 446 g/mol. The normalized spacial score (nSPS) is 10.9. The van der Waals surface area contributed by atoms with Crippen LogP contribution in [0.1, 0.15) is 37.9 Å². The average molecular weight is 467 g/mol. The van der Waals surface area contributed by atoms with Gasteiger partial charge in [-0.15, -0.1) is 0 Å². The molecule has 0 radical (unpaired) electrons. The van der Waals surface area contributed by atoms with Crippen molar-refractivity contribution in [3.05, 3.63) is 89.3 Å². The van der Waals surface area contributed by atoms with Crippen LogP contribution in [0, 0.1) is 20.8 Å². The fourth-order valence-corrected chi connectivity index (χ4v) is 3.89. The smallest absolute Gasteiger partial charge is 0.259 e. The Morgan fingerprint density at radius 3 is 2.23 bits per heavy atom. The fourth-order valence-electron chi connectivity index (χ4n) is 3.89. The van der Waals surface area contributed by atoms with E-state index in [0.29, 0.717) is 45.0 Å². The number of nitrogens with zero attached hydrogens (tertiary/aromatic N) is 3. The Balaban J connectivity index is 1.51. The number of aromatic nitrogens is 3. The quantitative estimate of drug-likeness (QED) is 0.359. The zero-order valence-corrected chi connectivity index (χ0v) is 19.2. The van der Waals surface area contributed by atoms with E-state index in [2.05, 4.69) is 25.8 Å². The number of nitrogens with one attached hydrogen (secondary N) is 2. The molecule has 0 aliphatic carbocycles. The van der Waals surface area contributed by atoms with Crippen LogP contribution in [-0.2, 0) is 0 Å². The summed E-state index contributed by atoms with van der Waals surface area (Å²) in [5.41, 5.74) is 3.79. The number of benzene rings is 1. The summed E-state index contributed by atoms with van der Waals surface area (Å²) in [5.74, 6) is 0.705. The van der Waals surface area contributed by atoms with Crippen LogP contribution < -0.4 is 10.6 Å². The van der Waals surface area contributed by atoms with E-state index in [0.717, 1.165) is 11.3 Å². The average Bonchev–Trinajstić information content (AvgIpc) is 3.41. The topological polar surface area (TPSA) is 123 Å². The summed E-state index contributed by atoms with van der Waals surface area (Å²) in [6, 6.07) is 13.7. The molecule has 35 heavy (non-hydrogen) atoms. The summed E-state index contributed by atoms with van der Waals surface area (Å²) in [4.78, 5) is 34.6. The molecule has 9 nitrogen and oxygen atoms in total. The maximum Gasteiger partial charge on any atom is 0.259 e. The lowest BCUT2D eigenvalue weighted by molar-refractivity contribution is 0.101. The summed E-state index contributed by atoms with van der Waals surface area (Å²) in [6.07, 6.45) is 3.08. The number of fused-ring (bicyclic) bond motifs is 1. The molecule has 0 aliphatic heterocycles. The number of para-hydroxylation sites is 2. The maximum atomic E-state index is 13.5. The first-order chi connectivity index (χ1) is 16.9. The maximum absolute atomic E-state index is 13.5. The fraction of sp³-hybridized carbons (Fsp3) is 0.115. The van der Waals surface area contributed by atoms with Gasteiger partial charge in [-0.25, -0.2) is 4.98 Å². The molecule has 2 amide bonds. The summed E-state index contributed by atoms with van der Waals surface area (Å²) >= 11 is 0. The zero-order valence-electron chi connectivity index (χ0n) is 19.2. The van der Waals surface area contributed by atoms with Crippen LogP contribution in [0.25, 0.3) is 22.4 Å². The molecule has 2 N–H and O–H groups in total. The molecule has 9 heteroatoms. The summed E-state index contributed by atoms with van der Waals surface area (Å²) in [6.45, 7) is 5.43. The highest BCUT2D eigenvalue weighted by Gasteiger charge is 2.22. The van der Waals surface area contributed by atoms with E-state index >= 15 is 0 Å². The summed E-state index contributed by atoms with van der Waals surface area (Å²) < 4.78 is 11.0. The number of hydrogen-bond donors (Lipinski definition) is 2. The largest absolute Gasteiger partial charge is 0.466 e. The van der Waals surface area contributed by atoms with Crippen molar-refractivity contribution in [3.63, 3.8) is 0 Å². The lowest BCUT2D eigenvalue weighted by atomic mass is 10.1. The Kier molecular flexibility index (Phi) is 5.58. The van der Waals surface area contributed by atoms with Crippen molar-refractivity contribution in [3.8, 4) is 11.3 Å². The molecule has 4 aromatic heterocycles. The van der Waals surface area contributed by atoms with Crippen molar-refractivity contribution in [2.24, 2.45) is 0 Å². The number of amides is 2. The van der Waals surface area contributed by atoms with E-state index in [1.54, 1.807) is 61.8 Å². The highest BCUT2D eigenvalue weighted by atomic mass is 16.5. The monoisotopic (exact) mass is 467 g/mol. The number of carbonyl (C=O) groups is 2. The predicted molar refractivity (Wildman–Crippen MR) is 130 cm³/mol. The third-order valence-electron chi connectivity index (χ3n) is 5.54. The lowest BCUT2D eigenvalue weighted by Crippen LogP contribution is -2.17. The molecule has 0 saturated heterocycles. The van der Waals surface area contributed by atoms with Crippen LogP contribution in [-0.4, -0.2) is 26.9 Å². The third kappa shape index (κ3) is 4.26. The van der Waals surface area contributed by atoms with Gasteiger partial charge in [0.05, 0.1) is 33.7 Å². The van der Waals surface area contributed by atoms with Crippen molar-refractivity contribution in [2.75, 3.05) is 10.6 Å². The SMILES string of the molecule is Cc1cc(-c2cc(C(=O)Nc3ccccc3NC(=O)c3ccncc3)c3c(C)noc3n2)c(C)o1. The van der Waals surface area contributed by atoms with Crippen LogP contribution in [0.15, 0.2) is 69.9 Å². The number of furan rings is 1. The van der Waals surface area contributed by atoms with Crippen LogP contribution in [0.3, 0.4) is 0 Å². The molecule has 0 atom stereocenters. The highest BCUT2D eigenvalue weighted by molar-refractivity contribution is 6.15. The van der Waals surface area contributed by atoms with Gasteiger partial charge in [-0.1, -0.05) is 17.3 Å². The second kappa shape index (κ2) is 8.86. The van der Waals surface area contributed by atoms with E-state index in [9.17, 15) is 9.59 Å². The molecule has 0 unspecified atom stereocenters. The Bertz CT molecular complexity index is 1570. The van der Waals surface area contributed by atoms with Crippen molar-refractivity contribution in [2.45, 2.75) is 20.8 Å². The number of pyridine rings is 2. The molecule has 0 bridgehead atoms. The van der Waals surface area contributed by atoms with Gasteiger partial charge in [-0.05, 0) is 57.2 Å². The first-order valence-electron chi connectivity index (χ1n) is 10.9. The Morgan fingerprint density at radius 1 is 0.886 bits per heavy atom. The van der Waals surface area contributed by atoms with Gasteiger partial charge in [0.1, 0.15) is 11.5 Å². The van der Waals surface area contributed by atoms with Crippen LogP contribution >= 0.6 is 0 Å². The van der Waals surface area contributed by atoms with Crippen LogP contribution in [0.2, 0.25) is 0 Å². The van der Waals surface area contributed by atoms with E-state index in [4.69, 9.17) is 8.94 Å². The molecule has 1 aromatic carbocycles. The second-order valence-electron chi connectivity index (χ2n) is 8.02. The number of hydrogen-bond acceptors (Lipinski definition) is 7. The first-order valence-corrected chi connectivity index (χ1v) is 10.9. The van der Waals surface area contributed by atoms with Crippen LogP contribution in [0.4, 0.5) is 11.4 Å². The molecule has 0 spiro atoms. The van der Waals surface area contributed by atoms with E-state index in [1.165, 1.54) is 0 Å². The predicted octanol–water partition coefficient (Wildman–Crippen LogP) is 5.31. The Morgan fingerprint density at radius 2 is 1.57 bits per heavy atom. The molecule has 0 aliphatic rings. The van der Waals surface area contributed by atoms with Crippen molar-refractivity contribution in [1.82, 2.24) is 15.1 Å². The van der Waals surface area contributed by atoms with Gasteiger partial charge in [-0.2, -0.15) is 0 Å². The Labute approximate surface area is 200 Å². The number of carbonyl (C=O) groups excluding carboxylic acids is 2. The van der Waals surface area contributed by atoms with E-state index in [-0.39, 0.29) is 11.6 Å². The summed E-state index contributed by atoms with van der Waals surface area (Å²) in [5, 5.41) is 10.3. The minimum Gasteiger partial charge on any atom is -0.466 e. The molecule has 174 valence electrons. The van der Waals surface area contributed by atoms with Gasteiger partial charge in [0.25, 0.3) is 17.5 Å². The van der Waals surface area contributed by atoms with Gasteiger partial charge in [0.15, 0.2) is 0 Å². The van der Waals surface area contributed by atoms with E-state index in [1.807, 2.05) is 19.9 Å². The van der Waals surface area contributed by atoms with Gasteiger partial charge >= 0.3 is 0 Å². The lowest BCUT2D eigenvalue weighted by Gasteiger charge is -2.13. The van der Waals surface area contributed by atoms with Crippen molar-refractivity contribution < 1.29 is 18.5 Å². The molecule has 5 aromatic rings. The van der Waals surface area contributed by atoms with Crippen LogP contribution in [0.5, 0.6) is 0 Å². The molecule has 5 rings (SSSR count). The van der Waals surface area contributed by atoms with Crippen molar-refractivity contribution >= 4 is 34.3 Å². The van der Waals surface area contributed by atoms with E-state index < -0.39 is 5.91 Å².